The monoisotopic (exact) mass is 189 g/mol. The van der Waals surface area contributed by atoms with Gasteiger partial charge in [-0.3, -0.25) is 4.98 Å². The van der Waals surface area contributed by atoms with E-state index in [1.165, 1.54) is 18.6 Å². The molecule has 70 valence electrons. The smallest absolute Gasteiger partial charge is 0.337 e. The fraction of sp³-hybridized carbons (Fsp3) is 0. The molecule has 0 fully saturated rings. The third-order valence-electron chi connectivity index (χ3n) is 1.83. The molecule has 1 N–H and O–H groups in total. The number of pyridine rings is 1. The minimum atomic E-state index is -0.991. The number of nitrogens with zero attached hydrogens (tertiary/aromatic N) is 1. The summed E-state index contributed by atoms with van der Waals surface area (Å²) in [5.74, 6) is -0.991. The Morgan fingerprint density at radius 2 is 2.29 bits per heavy atom. The number of aromatic carboxylic acids is 1. The number of carbonyl (C=O) groups is 1. The van der Waals surface area contributed by atoms with Gasteiger partial charge in [0, 0.05) is 11.8 Å². The average molecular weight is 189 g/mol. The highest BCUT2D eigenvalue weighted by molar-refractivity contribution is 5.94. The second-order valence-electron chi connectivity index (χ2n) is 2.72. The lowest BCUT2D eigenvalue weighted by atomic mass is 10.1. The first-order valence-corrected chi connectivity index (χ1v) is 4.00. The molecule has 0 aliphatic heterocycles. The molecule has 0 aliphatic rings. The fourth-order valence-corrected chi connectivity index (χ4v) is 1.21. The molecule has 0 radical (unpaired) electrons. The average Bonchev–Trinajstić information content (AvgIpc) is 2.70. The van der Waals surface area contributed by atoms with Crippen LogP contribution in [0.15, 0.2) is 41.3 Å². The molecule has 2 aromatic heterocycles. The van der Waals surface area contributed by atoms with Crippen molar-refractivity contribution in [3.8, 4) is 11.3 Å². The SMILES string of the molecule is O=C(O)c1cccnc1-c1ccoc1. The summed E-state index contributed by atoms with van der Waals surface area (Å²) in [4.78, 5) is 14.8. The third-order valence-corrected chi connectivity index (χ3v) is 1.83. The summed E-state index contributed by atoms with van der Waals surface area (Å²) in [6, 6.07) is 4.78. The number of carboxylic acids is 1. The van der Waals surface area contributed by atoms with Gasteiger partial charge in [-0.1, -0.05) is 0 Å². The predicted octanol–water partition coefficient (Wildman–Crippen LogP) is 2.04. The van der Waals surface area contributed by atoms with Crippen molar-refractivity contribution >= 4 is 5.97 Å². The van der Waals surface area contributed by atoms with E-state index in [9.17, 15) is 4.79 Å². The van der Waals surface area contributed by atoms with Crippen LogP contribution in [-0.4, -0.2) is 16.1 Å². The van der Waals surface area contributed by atoms with E-state index in [1.54, 1.807) is 18.3 Å². The lowest BCUT2D eigenvalue weighted by Gasteiger charge is -2.00. The highest BCUT2D eigenvalue weighted by Gasteiger charge is 2.12. The molecule has 0 amide bonds. The lowest BCUT2D eigenvalue weighted by Crippen LogP contribution is -2.00. The van der Waals surface area contributed by atoms with Gasteiger partial charge in [0.2, 0.25) is 0 Å². The second kappa shape index (κ2) is 3.33. The van der Waals surface area contributed by atoms with Gasteiger partial charge in [0.05, 0.1) is 23.8 Å². The van der Waals surface area contributed by atoms with Gasteiger partial charge in [-0.2, -0.15) is 0 Å². The highest BCUT2D eigenvalue weighted by atomic mass is 16.4. The molecule has 0 aromatic carbocycles. The van der Waals surface area contributed by atoms with Crippen LogP contribution in [0, 0.1) is 0 Å². The largest absolute Gasteiger partial charge is 0.478 e. The minimum Gasteiger partial charge on any atom is -0.478 e. The maximum atomic E-state index is 10.8. The van der Waals surface area contributed by atoms with Gasteiger partial charge in [0.15, 0.2) is 0 Å². The van der Waals surface area contributed by atoms with Gasteiger partial charge in [0.1, 0.15) is 0 Å². The molecule has 0 saturated heterocycles. The van der Waals surface area contributed by atoms with Gasteiger partial charge >= 0.3 is 5.97 Å². The van der Waals surface area contributed by atoms with Gasteiger partial charge in [-0.25, -0.2) is 4.79 Å². The molecule has 0 spiro atoms. The summed E-state index contributed by atoms with van der Waals surface area (Å²) >= 11 is 0. The van der Waals surface area contributed by atoms with Crippen molar-refractivity contribution in [1.29, 1.82) is 0 Å². The lowest BCUT2D eigenvalue weighted by molar-refractivity contribution is 0.0697. The van der Waals surface area contributed by atoms with Gasteiger partial charge in [0.25, 0.3) is 0 Å². The van der Waals surface area contributed by atoms with Crippen molar-refractivity contribution in [3.63, 3.8) is 0 Å². The number of aromatic nitrogens is 1. The summed E-state index contributed by atoms with van der Waals surface area (Å²) in [6.45, 7) is 0. The molecule has 14 heavy (non-hydrogen) atoms. The van der Waals surface area contributed by atoms with E-state index in [0.29, 0.717) is 11.3 Å². The third kappa shape index (κ3) is 1.37. The Morgan fingerprint density at radius 1 is 1.43 bits per heavy atom. The van der Waals surface area contributed by atoms with Crippen LogP contribution in [0.2, 0.25) is 0 Å². The van der Waals surface area contributed by atoms with Gasteiger partial charge in [-0.15, -0.1) is 0 Å². The number of carboxylic acid groups (broad SMARTS) is 1. The molecule has 2 heterocycles. The highest BCUT2D eigenvalue weighted by Crippen LogP contribution is 2.21. The Bertz CT molecular complexity index is 448. The summed E-state index contributed by atoms with van der Waals surface area (Å²) in [6.07, 6.45) is 4.50. The second-order valence-corrected chi connectivity index (χ2v) is 2.72. The van der Waals surface area contributed by atoms with Crippen LogP contribution in [0.25, 0.3) is 11.3 Å². The summed E-state index contributed by atoms with van der Waals surface area (Å²) in [7, 11) is 0. The Labute approximate surface area is 79.8 Å². The van der Waals surface area contributed by atoms with Crippen molar-refractivity contribution in [2.75, 3.05) is 0 Å². The molecule has 0 unspecified atom stereocenters. The molecule has 4 heteroatoms. The van der Waals surface area contributed by atoms with Crippen LogP contribution in [-0.2, 0) is 0 Å². The fourth-order valence-electron chi connectivity index (χ4n) is 1.21. The zero-order chi connectivity index (χ0) is 9.97. The topological polar surface area (TPSA) is 63.3 Å². The first-order valence-electron chi connectivity index (χ1n) is 4.00. The summed E-state index contributed by atoms with van der Waals surface area (Å²) in [5.41, 5.74) is 1.27. The van der Waals surface area contributed by atoms with E-state index >= 15 is 0 Å². The predicted molar refractivity (Wildman–Crippen MR) is 48.9 cm³/mol. The Kier molecular flexibility index (Phi) is 2.02. The number of hydrogen-bond donors (Lipinski definition) is 1. The molecule has 4 nitrogen and oxygen atoms in total. The summed E-state index contributed by atoms with van der Waals surface area (Å²) in [5, 5.41) is 8.89. The van der Waals surface area contributed by atoms with Crippen molar-refractivity contribution < 1.29 is 14.3 Å². The molecule has 0 bridgehead atoms. The first kappa shape index (κ1) is 8.50. The van der Waals surface area contributed by atoms with Crippen LogP contribution >= 0.6 is 0 Å². The normalized spacial score (nSPS) is 10.0. The van der Waals surface area contributed by atoms with Crippen LogP contribution in [0.3, 0.4) is 0 Å². The van der Waals surface area contributed by atoms with E-state index in [-0.39, 0.29) is 5.56 Å². The number of hydrogen-bond acceptors (Lipinski definition) is 3. The Balaban J connectivity index is 2.58. The standard InChI is InChI=1S/C10H7NO3/c12-10(13)8-2-1-4-11-9(8)7-3-5-14-6-7/h1-6H,(H,12,13). The van der Waals surface area contributed by atoms with Gasteiger partial charge in [-0.05, 0) is 18.2 Å². The molecular weight excluding hydrogens is 182 g/mol. The number of rotatable bonds is 2. The van der Waals surface area contributed by atoms with E-state index in [2.05, 4.69) is 4.98 Å². The maximum absolute atomic E-state index is 10.8. The zero-order valence-electron chi connectivity index (χ0n) is 7.18. The molecule has 0 atom stereocenters. The zero-order valence-corrected chi connectivity index (χ0v) is 7.18. The quantitative estimate of drug-likeness (QED) is 0.785. The van der Waals surface area contributed by atoms with Crippen molar-refractivity contribution in [1.82, 2.24) is 4.98 Å². The molecule has 2 rings (SSSR count). The van der Waals surface area contributed by atoms with Crippen molar-refractivity contribution in [2.45, 2.75) is 0 Å². The van der Waals surface area contributed by atoms with Crippen LogP contribution in [0.1, 0.15) is 10.4 Å². The Morgan fingerprint density at radius 3 is 2.93 bits per heavy atom. The van der Waals surface area contributed by atoms with Crippen molar-refractivity contribution in [2.24, 2.45) is 0 Å². The van der Waals surface area contributed by atoms with Crippen LogP contribution in [0.4, 0.5) is 0 Å². The molecule has 2 aromatic rings. The van der Waals surface area contributed by atoms with Crippen LogP contribution in [0.5, 0.6) is 0 Å². The Hall–Kier alpha value is -2.10. The van der Waals surface area contributed by atoms with Gasteiger partial charge < -0.3 is 9.52 Å². The van der Waals surface area contributed by atoms with Crippen molar-refractivity contribution in [3.05, 3.63) is 42.5 Å². The van der Waals surface area contributed by atoms with E-state index in [0.717, 1.165) is 0 Å². The molecular formula is C10H7NO3. The van der Waals surface area contributed by atoms with E-state index in [4.69, 9.17) is 9.52 Å². The number of furan rings is 1. The van der Waals surface area contributed by atoms with Crippen LogP contribution < -0.4 is 0 Å². The van der Waals surface area contributed by atoms with E-state index in [1.807, 2.05) is 0 Å². The molecule has 0 saturated carbocycles. The summed E-state index contributed by atoms with van der Waals surface area (Å²) < 4.78 is 4.87. The van der Waals surface area contributed by atoms with E-state index < -0.39 is 5.97 Å². The minimum absolute atomic E-state index is 0.175. The molecule has 0 aliphatic carbocycles. The maximum Gasteiger partial charge on any atom is 0.337 e. The first-order chi connectivity index (χ1) is 6.79.